The summed E-state index contributed by atoms with van der Waals surface area (Å²) in [6.45, 7) is 4.79. The van der Waals surface area contributed by atoms with Gasteiger partial charge in [-0.15, -0.1) is 0 Å². The quantitative estimate of drug-likeness (QED) is 0.654. The summed E-state index contributed by atoms with van der Waals surface area (Å²) in [7, 11) is 0. The molecule has 0 spiro atoms. The third kappa shape index (κ3) is 8.89. The number of ether oxygens (including phenoxy) is 1. The molecule has 0 bridgehead atoms. The Balaban J connectivity index is 5.18. The topological polar surface area (TPSA) is 63.6 Å². The summed E-state index contributed by atoms with van der Waals surface area (Å²) in [5.74, 6) is -7.59. The predicted octanol–water partition coefficient (Wildman–Crippen LogP) is 3.83. The zero-order valence-electron chi connectivity index (χ0n) is 13.5. The van der Waals surface area contributed by atoms with Crippen LogP contribution in [0, 0.1) is 11.8 Å². The Morgan fingerprint density at radius 2 is 1.64 bits per heavy atom. The Bertz CT molecular complexity index is 372. The first-order chi connectivity index (χ1) is 9.87. The summed E-state index contributed by atoms with van der Waals surface area (Å²) >= 11 is 0. The van der Waals surface area contributed by atoms with Crippen LogP contribution in [0.5, 0.6) is 0 Å². The number of esters is 1. The molecule has 0 radical (unpaired) electrons. The fourth-order valence-corrected chi connectivity index (χ4v) is 2.06. The van der Waals surface area contributed by atoms with Gasteiger partial charge < -0.3 is 9.84 Å². The number of carboxylic acid groups (broad SMARTS) is 1. The minimum absolute atomic E-state index is 0.0429. The van der Waals surface area contributed by atoms with Crippen molar-refractivity contribution in [2.45, 2.75) is 64.9 Å². The Hall–Kier alpha value is -1.27. The average Bonchev–Trinajstić information content (AvgIpc) is 2.28. The van der Waals surface area contributed by atoms with Gasteiger partial charge in [0.25, 0.3) is 0 Å². The lowest BCUT2D eigenvalue weighted by Gasteiger charge is -2.28. The second-order valence-electron chi connectivity index (χ2n) is 6.52. The van der Waals surface area contributed by atoms with Crippen molar-refractivity contribution < 1.29 is 32.6 Å². The van der Waals surface area contributed by atoms with Gasteiger partial charge in [-0.3, -0.25) is 14.0 Å². The minimum Gasteiger partial charge on any atom is -0.481 e. The van der Waals surface area contributed by atoms with Crippen LogP contribution in [-0.2, 0) is 14.3 Å². The number of alkyl halides is 3. The lowest BCUT2D eigenvalue weighted by atomic mass is 9.84. The monoisotopic (exact) mass is 326 g/mol. The zero-order chi connectivity index (χ0) is 17.6. The number of carbonyl (C=O) groups is 2. The van der Waals surface area contributed by atoms with E-state index < -0.39 is 48.4 Å². The lowest BCUT2D eigenvalue weighted by Crippen LogP contribution is -2.36. The van der Waals surface area contributed by atoms with Gasteiger partial charge in [-0.25, -0.2) is 8.78 Å². The SMILES string of the molecule is CC(F)(F)CC[C@H](C(=O)OC(C)(C)C)[C@@H](CCCF)C(=O)O. The molecule has 0 unspecified atom stereocenters. The second kappa shape index (κ2) is 8.39. The highest BCUT2D eigenvalue weighted by molar-refractivity contribution is 5.81. The molecule has 0 heterocycles. The third-order valence-corrected chi connectivity index (χ3v) is 3.06. The summed E-state index contributed by atoms with van der Waals surface area (Å²) in [5, 5.41) is 9.23. The fraction of sp³-hybridized carbons (Fsp3) is 0.867. The van der Waals surface area contributed by atoms with Crippen LogP contribution in [0.2, 0.25) is 0 Å². The molecule has 0 aliphatic rings. The molecular weight excluding hydrogens is 301 g/mol. The van der Waals surface area contributed by atoms with Crippen molar-refractivity contribution in [3.05, 3.63) is 0 Å². The molecule has 2 atom stereocenters. The van der Waals surface area contributed by atoms with Gasteiger partial charge in [-0.1, -0.05) is 0 Å². The summed E-state index contributed by atoms with van der Waals surface area (Å²) < 4.78 is 43.5. The number of rotatable bonds is 9. The van der Waals surface area contributed by atoms with Crippen LogP contribution in [0.1, 0.15) is 53.4 Å². The molecular formula is C15H25F3O4. The molecule has 7 heteroatoms. The number of carboxylic acids is 1. The first-order valence-corrected chi connectivity index (χ1v) is 7.27. The first kappa shape index (κ1) is 20.7. The van der Waals surface area contributed by atoms with E-state index in [0.717, 1.165) is 0 Å². The molecule has 0 saturated heterocycles. The van der Waals surface area contributed by atoms with Gasteiger partial charge in [0, 0.05) is 6.42 Å². The number of aliphatic carboxylic acids is 1. The summed E-state index contributed by atoms with van der Waals surface area (Å²) in [6.07, 6.45) is -1.08. The number of carbonyl (C=O) groups excluding carboxylic acids is 1. The normalized spacial score (nSPS) is 15.2. The number of hydrogen-bond acceptors (Lipinski definition) is 3. The standard InChI is InChI=1S/C15H25F3O4/c1-14(2,3)22-13(21)11(7-8-15(4,17)18)10(12(19)20)6-5-9-16/h10-11H,5-9H2,1-4H3,(H,19,20)/t10-,11+/m1/s1. The van der Waals surface area contributed by atoms with Crippen molar-refractivity contribution in [1.82, 2.24) is 0 Å². The smallest absolute Gasteiger partial charge is 0.310 e. The van der Waals surface area contributed by atoms with Gasteiger partial charge in [0.2, 0.25) is 5.92 Å². The van der Waals surface area contributed by atoms with Gasteiger partial charge in [0.1, 0.15) is 5.60 Å². The van der Waals surface area contributed by atoms with Crippen LogP contribution in [0.3, 0.4) is 0 Å². The summed E-state index contributed by atoms with van der Waals surface area (Å²) in [6, 6.07) is 0. The van der Waals surface area contributed by atoms with Crippen LogP contribution < -0.4 is 0 Å². The van der Waals surface area contributed by atoms with E-state index in [1.54, 1.807) is 20.8 Å². The van der Waals surface area contributed by atoms with Crippen LogP contribution in [0.4, 0.5) is 13.2 Å². The molecule has 1 N–H and O–H groups in total. The Morgan fingerprint density at radius 3 is 2.00 bits per heavy atom. The maximum absolute atomic E-state index is 13.0. The highest BCUT2D eigenvalue weighted by Gasteiger charge is 2.38. The fourth-order valence-electron chi connectivity index (χ4n) is 2.06. The molecule has 0 aromatic carbocycles. The molecule has 0 saturated carbocycles. The number of halogens is 3. The Morgan fingerprint density at radius 1 is 1.09 bits per heavy atom. The highest BCUT2D eigenvalue weighted by Crippen LogP contribution is 2.30. The van der Waals surface area contributed by atoms with E-state index >= 15 is 0 Å². The van der Waals surface area contributed by atoms with Crippen molar-refractivity contribution in [2.24, 2.45) is 11.8 Å². The Kier molecular flexibility index (Phi) is 7.90. The van der Waals surface area contributed by atoms with Gasteiger partial charge in [0.05, 0.1) is 18.5 Å². The predicted molar refractivity (Wildman–Crippen MR) is 75.5 cm³/mol. The van der Waals surface area contributed by atoms with E-state index in [4.69, 9.17) is 4.74 Å². The summed E-state index contributed by atoms with van der Waals surface area (Å²) in [4.78, 5) is 23.5. The second-order valence-corrected chi connectivity index (χ2v) is 6.52. The molecule has 0 aromatic heterocycles. The molecule has 0 amide bonds. The van der Waals surface area contributed by atoms with Crippen LogP contribution in [-0.4, -0.2) is 35.2 Å². The van der Waals surface area contributed by atoms with Crippen LogP contribution in [0.15, 0.2) is 0 Å². The van der Waals surface area contributed by atoms with Gasteiger partial charge in [-0.2, -0.15) is 0 Å². The first-order valence-electron chi connectivity index (χ1n) is 7.27. The number of hydrogen-bond donors (Lipinski definition) is 1. The van der Waals surface area contributed by atoms with Crippen molar-refractivity contribution in [3.63, 3.8) is 0 Å². The van der Waals surface area contributed by atoms with Crippen LogP contribution in [0.25, 0.3) is 0 Å². The van der Waals surface area contributed by atoms with Crippen molar-refractivity contribution >= 4 is 11.9 Å². The Labute approximate surface area is 129 Å². The lowest BCUT2D eigenvalue weighted by molar-refractivity contribution is -0.168. The molecule has 22 heavy (non-hydrogen) atoms. The van der Waals surface area contributed by atoms with Crippen molar-refractivity contribution in [2.75, 3.05) is 6.67 Å². The van der Waals surface area contributed by atoms with Crippen LogP contribution >= 0.6 is 0 Å². The van der Waals surface area contributed by atoms with E-state index in [2.05, 4.69) is 0 Å². The van der Waals surface area contributed by atoms with Crippen molar-refractivity contribution in [1.29, 1.82) is 0 Å². The highest BCUT2D eigenvalue weighted by atomic mass is 19.3. The van der Waals surface area contributed by atoms with E-state index in [0.29, 0.717) is 6.92 Å². The maximum Gasteiger partial charge on any atom is 0.310 e. The molecule has 0 fully saturated rings. The largest absolute Gasteiger partial charge is 0.481 e. The van der Waals surface area contributed by atoms with E-state index in [9.17, 15) is 27.9 Å². The zero-order valence-corrected chi connectivity index (χ0v) is 13.5. The molecule has 0 aliphatic heterocycles. The van der Waals surface area contributed by atoms with Gasteiger partial charge in [0.15, 0.2) is 0 Å². The van der Waals surface area contributed by atoms with Crippen molar-refractivity contribution in [3.8, 4) is 0 Å². The van der Waals surface area contributed by atoms with E-state index in [-0.39, 0.29) is 19.3 Å². The molecule has 0 rings (SSSR count). The van der Waals surface area contributed by atoms with E-state index in [1.807, 2.05) is 0 Å². The van der Waals surface area contributed by atoms with Gasteiger partial charge in [-0.05, 0) is 47.0 Å². The average molecular weight is 326 g/mol. The summed E-state index contributed by atoms with van der Waals surface area (Å²) in [5.41, 5.74) is -0.854. The molecule has 0 aliphatic carbocycles. The third-order valence-electron chi connectivity index (χ3n) is 3.06. The van der Waals surface area contributed by atoms with Gasteiger partial charge >= 0.3 is 11.9 Å². The molecule has 130 valence electrons. The molecule has 4 nitrogen and oxygen atoms in total. The maximum atomic E-state index is 13.0. The minimum atomic E-state index is -3.01. The van der Waals surface area contributed by atoms with E-state index in [1.165, 1.54) is 0 Å². The molecule has 0 aromatic rings.